The molecule has 1 aromatic carbocycles. The Hall–Kier alpha value is -2.81. The van der Waals surface area contributed by atoms with E-state index >= 15 is 0 Å². The SMILES string of the molecule is C[C@@H]1C[C@H](C)CN(c2cc(N3CCCC3)nc(NC(=S)NCc3ccc4c(c3)OCO4)n2)C1. The van der Waals surface area contributed by atoms with Gasteiger partial charge in [-0.25, -0.2) is 0 Å². The van der Waals surface area contributed by atoms with Crippen LogP contribution < -0.4 is 29.9 Å². The van der Waals surface area contributed by atoms with Crippen LogP contribution in [0.3, 0.4) is 0 Å². The molecule has 0 aliphatic carbocycles. The van der Waals surface area contributed by atoms with Crippen LogP contribution in [-0.4, -0.2) is 48.1 Å². The summed E-state index contributed by atoms with van der Waals surface area (Å²) in [6, 6.07) is 8.04. The lowest BCUT2D eigenvalue weighted by Gasteiger charge is -2.36. The van der Waals surface area contributed by atoms with Gasteiger partial charge in [0.25, 0.3) is 0 Å². The highest BCUT2D eigenvalue weighted by atomic mass is 32.1. The zero-order valence-electron chi connectivity index (χ0n) is 19.3. The largest absolute Gasteiger partial charge is 0.454 e. The van der Waals surface area contributed by atoms with Gasteiger partial charge in [-0.2, -0.15) is 9.97 Å². The maximum Gasteiger partial charge on any atom is 0.232 e. The number of anilines is 3. The molecule has 0 bridgehead atoms. The van der Waals surface area contributed by atoms with Gasteiger partial charge in [-0.05, 0) is 61.0 Å². The first-order valence-electron chi connectivity index (χ1n) is 11.9. The Kier molecular flexibility index (Phi) is 6.39. The van der Waals surface area contributed by atoms with Crippen LogP contribution in [0.4, 0.5) is 17.6 Å². The van der Waals surface area contributed by atoms with Gasteiger partial charge >= 0.3 is 0 Å². The third-order valence-corrected chi connectivity index (χ3v) is 6.68. The average Bonchev–Trinajstić information content (AvgIpc) is 3.48. The van der Waals surface area contributed by atoms with E-state index in [1.54, 1.807) is 0 Å². The van der Waals surface area contributed by atoms with E-state index in [-0.39, 0.29) is 6.79 Å². The lowest BCUT2D eigenvalue weighted by molar-refractivity contribution is 0.174. The molecule has 0 saturated carbocycles. The lowest BCUT2D eigenvalue weighted by Crippen LogP contribution is -2.39. The number of ether oxygens (including phenoxy) is 2. The van der Waals surface area contributed by atoms with Crippen LogP contribution in [0, 0.1) is 11.8 Å². The smallest absolute Gasteiger partial charge is 0.232 e. The Morgan fingerprint density at radius 3 is 2.45 bits per heavy atom. The van der Waals surface area contributed by atoms with E-state index in [4.69, 9.17) is 31.7 Å². The number of fused-ring (bicyclic) bond motifs is 1. The number of nitrogens with one attached hydrogen (secondary N) is 2. The van der Waals surface area contributed by atoms with Crippen molar-refractivity contribution in [2.75, 3.05) is 48.1 Å². The molecule has 2 atom stereocenters. The minimum absolute atomic E-state index is 0.272. The molecule has 2 N–H and O–H groups in total. The topological polar surface area (TPSA) is 74.8 Å². The number of aromatic nitrogens is 2. The Morgan fingerprint density at radius 1 is 1.00 bits per heavy atom. The van der Waals surface area contributed by atoms with Crippen molar-refractivity contribution in [3.63, 3.8) is 0 Å². The summed E-state index contributed by atoms with van der Waals surface area (Å²) in [5.41, 5.74) is 1.06. The third-order valence-electron chi connectivity index (χ3n) is 6.44. The second-order valence-corrected chi connectivity index (χ2v) is 9.86. The van der Waals surface area contributed by atoms with Crippen molar-refractivity contribution < 1.29 is 9.47 Å². The second kappa shape index (κ2) is 9.59. The standard InChI is InChI=1S/C24H32N6O2S/c1-16-9-17(2)14-30(13-16)22-11-21(29-7-3-4-8-29)26-23(27-22)28-24(33)25-12-18-5-6-19-20(10-18)32-15-31-19/h5-6,10-11,16-17H,3-4,7-9,12-15H2,1-2H3,(H2,25,26,27,28,33)/t16-,17+. The molecule has 33 heavy (non-hydrogen) atoms. The predicted molar refractivity (Wildman–Crippen MR) is 134 cm³/mol. The van der Waals surface area contributed by atoms with E-state index in [1.807, 2.05) is 18.2 Å². The number of benzene rings is 1. The van der Waals surface area contributed by atoms with E-state index in [0.29, 0.717) is 29.4 Å². The molecule has 0 amide bonds. The third kappa shape index (κ3) is 5.24. The van der Waals surface area contributed by atoms with E-state index in [1.165, 1.54) is 19.3 Å². The molecule has 2 fully saturated rings. The van der Waals surface area contributed by atoms with E-state index < -0.39 is 0 Å². The van der Waals surface area contributed by atoms with Crippen LogP contribution in [0.15, 0.2) is 24.3 Å². The maximum absolute atomic E-state index is 5.56. The summed E-state index contributed by atoms with van der Waals surface area (Å²) in [5.74, 6) is 5.35. The highest BCUT2D eigenvalue weighted by Gasteiger charge is 2.25. The van der Waals surface area contributed by atoms with Gasteiger partial charge in [-0.3, -0.25) is 0 Å². The molecule has 0 spiro atoms. The molecule has 4 heterocycles. The molecule has 0 unspecified atom stereocenters. The molecule has 5 rings (SSSR count). The molecule has 0 radical (unpaired) electrons. The van der Waals surface area contributed by atoms with Gasteiger partial charge in [-0.15, -0.1) is 0 Å². The summed E-state index contributed by atoms with van der Waals surface area (Å²) < 4.78 is 10.8. The first-order chi connectivity index (χ1) is 16.0. The molecule has 2 aromatic rings. The van der Waals surface area contributed by atoms with Crippen LogP contribution in [0.25, 0.3) is 0 Å². The molecule has 1 aromatic heterocycles. The van der Waals surface area contributed by atoms with E-state index in [2.05, 4.69) is 40.3 Å². The van der Waals surface area contributed by atoms with Crippen molar-refractivity contribution in [1.82, 2.24) is 15.3 Å². The number of hydrogen-bond donors (Lipinski definition) is 2. The maximum atomic E-state index is 5.56. The Bertz CT molecular complexity index is 1000. The van der Waals surface area contributed by atoms with Crippen molar-refractivity contribution >= 4 is 34.9 Å². The fourth-order valence-electron chi connectivity index (χ4n) is 4.98. The van der Waals surface area contributed by atoms with Gasteiger partial charge in [0.15, 0.2) is 16.6 Å². The molecule has 3 aliphatic heterocycles. The molecule has 176 valence electrons. The average molecular weight is 469 g/mol. The first kappa shape index (κ1) is 22.0. The summed E-state index contributed by atoms with van der Waals surface area (Å²) in [6.45, 7) is 9.60. The van der Waals surface area contributed by atoms with Crippen molar-refractivity contribution in [1.29, 1.82) is 0 Å². The van der Waals surface area contributed by atoms with Gasteiger partial charge in [0.05, 0.1) is 0 Å². The molecular formula is C24H32N6O2S. The number of thiocarbonyl (C=S) groups is 1. The zero-order valence-corrected chi connectivity index (χ0v) is 20.2. The van der Waals surface area contributed by atoms with Crippen LogP contribution >= 0.6 is 12.2 Å². The molecule has 8 nitrogen and oxygen atoms in total. The van der Waals surface area contributed by atoms with E-state index in [9.17, 15) is 0 Å². The lowest BCUT2D eigenvalue weighted by atomic mass is 9.92. The van der Waals surface area contributed by atoms with Crippen molar-refractivity contribution in [2.24, 2.45) is 11.8 Å². The second-order valence-electron chi connectivity index (χ2n) is 9.45. The minimum Gasteiger partial charge on any atom is -0.454 e. The summed E-state index contributed by atoms with van der Waals surface area (Å²) in [7, 11) is 0. The Balaban J connectivity index is 1.29. The Labute approximate surface area is 200 Å². The van der Waals surface area contributed by atoms with Crippen LogP contribution in [-0.2, 0) is 6.54 Å². The molecular weight excluding hydrogens is 436 g/mol. The minimum atomic E-state index is 0.272. The van der Waals surface area contributed by atoms with Gasteiger partial charge in [-0.1, -0.05) is 19.9 Å². The molecule has 9 heteroatoms. The zero-order chi connectivity index (χ0) is 22.8. The fraction of sp³-hybridized carbons (Fsp3) is 0.542. The van der Waals surface area contributed by atoms with Gasteiger partial charge in [0, 0.05) is 38.8 Å². The fourth-order valence-corrected chi connectivity index (χ4v) is 5.14. The van der Waals surface area contributed by atoms with Crippen molar-refractivity contribution in [2.45, 2.75) is 39.7 Å². The van der Waals surface area contributed by atoms with E-state index in [0.717, 1.165) is 54.9 Å². The van der Waals surface area contributed by atoms with Gasteiger partial charge < -0.3 is 29.9 Å². The highest BCUT2D eigenvalue weighted by molar-refractivity contribution is 7.80. The van der Waals surface area contributed by atoms with Gasteiger partial charge in [0.2, 0.25) is 12.7 Å². The molecule has 2 saturated heterocycles. The van der Waals surface area contributed by atoms with Gasteiger partial charge in [0.1, 0.15) is 11.6 Å². The van der Waals surface area contributed by atoms with Crippen molar-refractivity contribution in [3.8, 4) is 11.5 Å². The number of piperidine rings is 1. The summed E-state index contributed by atoms with van der Waals surface area (Å²) >= 11 is 5.56. The first-order valence-corrected chi connectivity index (χ1v) is 12.3. The molecule has 3 aliphatic rings. The summed E-state index contributed by atoms with van der Waals surface area (Å²) in [5, 5.41) is 6.97. The van der Waals surface area contributed by atoms with Crippen LogP contribution in [0.2, 0.25) is 0 Å². The highest BCUT2D eigenvalue weighted by Crippen LogP contribution is 2.32. The van der Waals surface area contributed by atoms with Crippen LogP contribution in [0.5, 0.6) is 11.5 Å². The monoisotopic (exact) mass is 468 g/mol. The number of nitrogens with zero attached hydrogens (tertiary/aromatic N) is 4. The quantitative estimate of drug-likeness (QED) is 0.638. The predicted octanol–water partition coefficient (Wildman–Crippen LogP) is 3.77. The summed E-state index contributed by atoms with van der Waals surface area (Å²) in [6.07, 6.45) is 3.67. The van der Waals surface area contributed by atoms with Crippen molar-refractivity contribution in [3.05, 3.63) is 29.8 Å². The number of rotatable bonds is 5. The normalized spacial score (nSPS) is 21.9. The number of hydrogen-bond acceptors (Lipinski definition) is 7. The van der Waals surface area contributed by atoms with Crippen LogP contribution in [0.1, 0.15) is 38.7 Å². The Morgan fingerprint density at radius 2 is 1.70 bits per heavy atom. The summed E-state index contributed by atoms with van der Waals surface area (Å²) in [4.78, 5) is 14.4.